The van der Waals surface area contributed by atoms with Crippen LogP contribution in [0.3, 0.4) is 0 Å². The third kappa shape index (κ3) is 4.46. The molecule has 19 heavy (non-hydrogen) atoms. The van der Waals surface area contributed by atoms with Crippen LogP contribution >= 0.6 is 0 Å². The van der Waals surface area contributed by atoms with Crippen molar-refractivity contribution >= 4 is 0 Å². The molecule has 2 nitrogen and oxygen atoms in total. The molecule has 2 fully saturated rings. The topological polar surface area (TPSA) is 15.3 Å². The summed E-state index contributed by atoms with van der Waals surface area (Å²) in [6.45, 7) is 11.0. The van der Waals surface area contributed by atoms with Gasteiger partial charge in [0.2, 0.25) is 0 Å². The molecule has 1 aliphatic carbocycles. The first-order valence-electron chi connectivity index (χ1n) is 8.68. The fourth-order valence-corrected chi connectivity index (χ4v) is 3.93. The Labute approximate surface area is 120 Å². The van der Waals surface area contributed by atoms with Crippen molar-refractivity contribution in [2.24, 2.45) is 11.8 Å². The highest BCUT2D eigenvalue weighted by molar-refractivity contribution is 4.86. The SMILES string of the molecule is CCCNC(C)C1CCCN(C2CCC(C)CC2)C1. The van der Waals surface area contributed by atoms with E-state index in [9.17, 15) is 0 Å². The van der Waals surface area contributed by atoms with E-state index in [0.29, 0.717) is 6.04 Å². The van der Waals surface area contributed by atoms with Crippen LogP contribution in [-0.2, 0) is 0 Å². The Hall–Kier alpha value is -0.0800. The highest BCUT2D eigenvalue weighted by Gasteiger charge is 2.30. The molecule has 0 amide bonds. The first-order chi connectivity index (χ1) is 9.20. The second kappa shape index (κ2) is 7.64. The van der Waals surface area contributed by atoms with Gasteiger partial charge in [-0.1, -0.05) is 13.8 Å². The zero-order valence-corrected chi connectivity index (χ0v) is 13.3. The van der Waals surface area contributed by atoms with E-state index >= 15 is 0 Å². The van der Waals surface area contributed by atoms with Crippen LogP contribution in [0.1, 0.15) is 65.7 Å². The van der Waals surface area contributed by atoms with Gasteiger partial charge in [0.05, 0.1) is 0 Å². The molecule has 0 bridgehead atoms. The highest BCUT2D eigenvalue weighted by Crippen LogP contribution is 2.30. The van der Waals surface area contributed by atoms with Crippen LogP contribution in [0.2, 0.25) is 0 Å². The molecule has 2 atom stereocenters. The molecule has 2 rings (SSSR count). The summed E-state index contributed by atoms with van der Waals surface area (Å²) in [7, 11) is 0. The van der Waals surface area contributed by atoms with Crippen molar-refractivity contribution in [2.45, 2.75) is 77.8 Å². The van der Waals surface area contributed by atoms with Crippen LogP contribution in [0.25, 0.3) is 0 Å². The van der Waals surface area contributed by atoms with Crippen LogP contribution in [0.4, 0.5) is 0 Å². The molecule has 2 aliphatic rings. The summed E-state index contributed by atoms with van der Waals surface area (Å²) < 4.78 is 0. The van der Waals surface area contributed by atoms with Crippen LogP contribution in [0.15, 0.2) is 0 Å². The molecule has 1 saturated carbocycles. The zero-order chi connectivity index (χ0) is 13.7. The minimum atomic E-state index is 0.699. The van der Waals surface area contributed by atoms with E-state index in [1.165, 1.54) is 64.6 Å². The Morgan fingerprint density at radius 3 is 2.58 bits per heavy atom. The van der Waals surface area contributed by atoms with E-state index in [2.05, 4.69) is 31.0 Å². The van der Waals surface area contributed by atoms with E-state index in [1.807, 2.05) is 0 Å². The third-order valence-corrected chi connectivity index (χ3v) is 5.41. The van der Waals surface area contributed by atoms with Gasteiger partial charge in [-0.05, 0) is 76.8 Å². The fraction of sp³-hybridized carbons (Fsp3) is 1.00. The first-order valence-corrected chi connectivity index (χ1v) is 8.68. The lowest BCUT2D eigenvalue weighted by atomic mass is 9.84. The molecule has 0 radical (unpaired) electrons. The highest BCUT2D eigenvalue weighted by atomic mass is 15.2. The Morgan fingerprint density at radius 1 is 1.16 bits per heavy atom. The van der Waals surface area contributed by atoms with E-state index < -0.39 is 0 Å². The van der Waals surface area contributed by atoms with Gasteiger partial charge in [-0.15, -0.1) is 0 Å². The Balaban J connectivity index is 1.79. The molecule has 2 unspecified atom stereocenters. The van der Waals surface area contributed by atoms with Gasteiger partial charge in [0.25, 0.3) is 0 Å². The number of rotatable bonds is 5. The van der Waals surface area contributed by atoms with Crippen LogP contribution < -0.4 is 5.32 Å². The van der Waals surface area contributed by atoms with E-state index in [0.717, 1.165) is 17.9 Å². The molecule has 0 aromatic carbocycles. The quantitative estimate of drug-likeness (QED) is 0.817. The average Bonchev–Trinajstić information content (AvgIpc) is 2.45. The van der Waals surface area contributed by atoms with Crippen molar-refractivity contribution in [1.29, 1.82) is 0 Å². The number of nitrogens with one attached hydrogen (secondary N) is 1. The zero-order valence-electron chi connectivity index (χ0n) is 13.3. The standard InChI is InChI=1S/C17H34N2/c1-4-11-18-15(3)16-6-5-12-19(13-16)17-9-7-14(2)8-10-17/h14-18H,4-13H2,1-3H3. The summed E-state index contributed by atoms with van der Waals surface area (Å²) in [4.78, 5) is 2.82. The van der Waals surface area contributed by atoms with Gasteiger partial charge in [-0.3, -0.25) is 0 Å². The summed E-state index contributed by atoms with van der Waals surface area (Å²) >= 11 is 0. The minimum absolute atomic E-state index is 0.699. The van der Waals surface area contributed by atoms with Gasteiger partial charge < -0.3 is 10.2 Å². The molecule has 1 aliphatic heterocycles. The molecule has 0 aromatic heterocycles. The number of likely N-dealkylation sites (tertiary alicyclic amines) is 1. The Bertz CT molecular complexity index is 246. The average molecular weight is 266 g/mol. The van der Waals surface area contributed by atoms with Gasteiger partial charge in [0, 0.05) is 18.6 Å². The lowest BCUT2D eigenvalue weighted by molar-refractivity contribution is 0.0782. The molecule has 0 aromatic rings. The van der Waals surface area contributed by atoms with Gasteiger partial charge in [0.15, 0.2) is 0 Å². The summed E-state index contributed by atoms with van der Waals surface area (Å²) in [5, 5.41) is 3.71. The van der Waals surface area contributed by atoms with Gasteiger partial charge in [0.1, 0.15) is 0 Å². The maximum Gasteiger partial charge on any atom is 0.00955 e. The summed E-state index contributed by atoms with van der Waals surface area (Å²) in [6, 6.07) is 1.60. The molecule has 1 heterocycles. The molecular formula is C17H34N2. The van der Waals surface area contributed by atoms with E-state index in [-0.39, 0.29) is 0 Å². The van der Waals surface area contributed by atoms with Gasteiger partial charge in [-0.2, -0.15) is 0 Å². The first kappa shape index (κ1) is 15.3. The van der Waals surface area contributed by atoms with Crippen LogP contribution in [0.5, 0.6) is 0 Å². The van der Waals surface area contributed by atoms with Crippen molar-refractivity contribution in [3.63, 3.8) is 0 Å². The smallest absolute Gasteiger partial charge is 0.00955 e. The molecule has 2 heteroatoms. The lowest BCUT2D eigenvalue weighted by Crippen LogP contribution is -2.49. The normalized spacial score (nSPS) is 35.2. The fourth-order valence-electron chi connectivity index (χ4n) is 3.93. The van der Waals surface area contributed by atoms with Crippen molar-refractivity contribution in [3.8, 4) is 0 Å². The lowest BCUT2D eigenvalue weighted by Gasteiger charge is -2.42. The largest absolute Gasteiger partial charge is 0.314 e. The number of piperidine rings is 1. The second-order valence-corrected chi connectivity index (χ2v) is 7.05. The van der Waals surface area contributed by atoms with Crippen LogP contribution in [0, 0.1) is 11.8 Å². The van der Waals surface area contributed by atoms with E-state index in [4.69, 9.17) is 0 Å². The molecule has 1 saturated heterocycles. The third-order valence-electron chi connectivity index (χ3n) is 5.41. The second-order valence-electron chi connectivity index (χ2n) is 7.05. The van der Waals surface area contributed by atoms with Crippen molar-refractivity contribution in [2.75, 3.05) is 19.6 Å². The summed E-state index contributed by atoms with van der Waals surface area (Å²) in [6.07, 6.45) is 9.90. The predicted molar refractivity (Wildman–Crippen MR) is 83.5 cm³/mol. The van der Waals surface area contributed by atoms with Crippen molar-refractivity contribution < 1.29 is 0 Å². The minimum Gasteiger partial charge on any atom is -0.314 e. The number of hydrogen-bond acceptors (Lipinski definition) is 2. The summed E-state index contributed by atoms with van der Waals surface area (Å²) in [5.74, 6) is 1.85. The van der Waals surface area contributed by atoms with Crippen molar-refractivity contribution in [1.82, 2.24) is 10.2 Å². The van der Waals surface area contributed by atoms with Crippen molar-refractivity contribution in [3.05, 3.63) is 0 Å². The summed E-state index contributed by atoms with van der Waals surface area (Å²) in [5.41, 5.74) is 0. The monoisotopic (exact) mass is 266 g/mol. The molecule has 1 N–H and O–H groups in total. The maximum absolute atomic E-state index is 3.71. The van der Waals surface area contributed by atoms with Crippen LogP contribution in [-0.4, -0.2) is 36.6 Å². The van der Waals surface area contributed by atoms with E-state index in [1.54, 1.807) is 0 Å². The van der Waals surface area contributed by atoms with Gasteiger partial charge in [-0.25, -0.2) is 0 Å². The number of nitrogens with zero attached hydrogens (tertiary/aromatic N) is 1. The predicted octanol–water partition coefficient (Wildman–Crippen LogP) is 3.67. The Morgan fingerprint density at radius 2 is 1.89 bits per heavy atom. The van der Waals surface area contributed by atoms with Gasteiger partial charge >= 0.3 is 0 Å². The Kier molecular flexibility index (Phi) is 6.15. The maximum atomic E-state index is 3.71. The number of hydrogen-bond donors (Lipinski definition) is 1. The molecule has 0 spiro atoms. The molecular weight excluding hydrogens is 232 g/mol. The molecule has 112 valence electrons.